The summed E-state index contributed by atoms with van der Waals surface area (Å²) in [6, 6.07) is 3.62. The highest BCUT2D eigenvalue weighted by atomic mass is 79.9. The molecule has 0 aliphatic heterocycles. The Labute approximate surface area is 154 Å². The zero-order valence-electron chi connectivity index (χ0n) is 12.9. The van der Waals surface area contributed by atoms with Gasteiger partial charge in [-0.15, -0.1) is 11.3 Å². The van der Waals surface area contributed by atoms with E-state index in [4.69, 9.17) is 4.74 Å². The molecule has 0 saturated heterocycles. The van der Waals surface area contributed by atoms with Crippen LogP contribution >= 0.6 is 27.3 Å². The molecule has 0 fully saturated rings. The molecule has 2 rings (SSSR count). The van der Waals surface area contributed by atoms with Crippen LogP contribution in [0.3, 0.4) is 0 Å². The van der Waals surface area contributed by atoms with E-state index in [1.807, 2.05) is 0 Å². The summed E-state index contributed by atoms with van der Waals surface area (Å²) < 4.78 is 44.2. The van der Waals surface area contributed by atoms with Gasteiger partial charge in [0.2, 0.25) is 5.13 Å². The van der Waals surface area contributed by atoms with Gasteiger partial charge >= 0.3 is 12.1 Å². The summed E-state index contributed by atoms with van der Waals surface area (Å²) >= 11 is 4.32. The van der Waals surface area contributed by atoms with E-state index in [9.17, 15) is 18.0 Å². The largest absolute Gasteiger partial charge is 0.466 e. The molecule has 0 amide bonds. The number of carbonyl (C=O) groups excluding carboxylic acids is 1. The van der Waals surface area contributed by atoms with Crippen LogP contribution in [0.4, 0.5) is 18.3 Å². The van der Waals surface area contributed by atoms with Gasteiger partial charge in [-0.2, -0.15) is 18.3 Å². The predicted octanol–water partition coefficient (Wildman–Crippen LogP) is 4.48. The zero-order valence-corrected chi connectivity index (χ0v) is 15.3. The quantitative estimate of drug-likeness (QED) is 0.412. The second kappa shape index (κ2) is 8.43. The van der Waals surface area contributed by atoms with Gasteiger partial charge in [0.15, 0.2) is 0 Å². The predicted molar refractivity (Wildman–Crippen MR) is 92.8 cm³/mol. The normalized spacial score (nSPS) is 11.7. The summed E-state index contributed by atoms with van der Waals surface area (Å²) in [5.74, 6) is -0.396. The zero-order chi connectivity index (χ0) is 18.4. The fourth-order valence-electron chi connectivity index (χ4n) is 1.86. The maximum Gasteiger partial charge on any atom is 0.417 e. The Bertz CT molecular complexity index is 778. The number of hydrogen-bond acceptors (Lipinski definition) is 6. The fourth-order valence-corrected chi connectivity index (χ4v) is 2.89. The molecule has 5 nitrogen and oxygen atoms in total. The highest BCUT2D eigenvalue weighted by Crippen LogP contribution is 2.32. The first-order valence-electron chi connectivity index (χ1n) is 7.05. The molecule has 0 unspecified atom stereocenters. The monoisotopic (exact) mass is 435 g/mol. The number of nitrogens with zero attached hydrogens (tertiary/aromatic N) is 2. The highest BCUT2D eigenvalue weighted by molar-refractivity contribution is 9.10. The van der Waals surface area contributed by atoms with Gasteiger partial charge in [0.1, 0.15) is 0 Å². The Morgan fingerprint density at radius 3 is 2.92 bits per heavy atom. The van der Waals surface area contributed by atoms with Crippen molar-refractivity contribution in [1.82, 2.24) is 4.98 Å². The smallest absolute Gasteiger partial charge is 0.417 e. The number of halogens is 4. The van der Waals surface area contributed by atoms with Crippen molar-refractivity contribution < 1.29 is 22.7 Å². The Balaban J connectivity index is 2.06. The van der Waals surface area contributed by atoms with Crippen molar-refractivity contribution in [2.24, 2.45) is 5.10 Å². The summed E-state index contributed by atoms with van der Waals surface area (Å²) in [5.41, 5.74) is 2.18. The van der Waals surface area contributed by atoms with Crippen molar-refractivity contribution >= 4 is 44.6 Å². The second-order valence-corrected chi connectivity index (χ2v) is 6.50. The number of carbonyl (C=O) groups is 1. The molecule has 0 aliphatic rings. The number of nitrogens with one attached hydrogen (secondary N) is 1. The molecule has 1 heterocycles. The Hall–Kier alpha value is -1.94. The van der Waals surface area contributed by atoms with Crippen LogP contribution in [0.2, 0.25) is 0 Å². The van der Waals surface area contributed by atoms with Gasteiger partial charge in [-0.3, -0.25) is 10.2 Å². The minimum absolute atomic E-state index is 0.0274. The van der Waals surface area contributed by atoms with Gasteiger partial charge in [-0.1, -0.05) is 15.9 Å². The number of esters is 1. The number of anilines is 1. The number of hydrogen-bond donors (Lipinski definition) is 1. The first-order valence-corrected chi connectivity index (χ1v) is 8.72. The third kappa shape index (κ3) is 5.82. The van der Waals surface area contributed by atoms with Crippen LogP contribution in [0.25, 0.3) is 0 Å². The third-order valence-electron chi connectivity index (χ3n) is 2.87. The van der Waals surface area contributed by atoms with Crippen molar-refractivity contribution in [3.8, 4) is 0 Å². The number of thiazole rings is 1. The van der Waals surface area contributed by atoms with Gasteiger partial charge in [0.05, 0.1) is 30.5 Å². The summed E-state index contributed by atoms with van der Waals surface area (Å²) in [4.78, 5) is 15.5. The number of hydrazone groups is 1. The SMILES string of the molecule is CCOC(=O)Cc1csc(NN=Cc2cc(Br)ccc2C(F)(F)F)n1. The van der Waals surface area contributed by atoms with Crippen molar-refractivity contribution in [1.29, 1.82) is 0 Å². The average molecular weight is 436 g/mol. The van der Waals surface area contributed by atoms with Crippen LogP contribution in [-0.2, 0) is 22.1 Å². The maximum atomic E-state index is 13.0. The molecule has 0 radical (unpaired) electrons. The van der Waals surface area contributed by atoms with E-state index in [0.717, 1.165) is 12.3 Å². The molecule has 25 heavy (non-hydrogen) atoms. The van der Waals surface area contributed by atoms with E-state index < -0.39 is 17.7 Å². The Kier molecular flexibility index (Phi) is 6.54. The lowest BCUT2D eigenvalue weighted by molar-refractivity contribution is -0.142. The third-order valence-corrected chi connectivity index (χ3v) is 4.15. The molecule has 1 aromatic carbocycles. The van der Waals surface area contributed by atoms with E-state index in [0.29, 0.717) is 15.3 Å². The molecule has 10 heteroatoms. The van der Waals surface area contributed by atoms with Gasteiger partial charge in [-0.05, 0) is 25.1 Å². The lowest BCUT2D eigenvalue weighted by Crippen LogP contribution is -2.09. The number of aromatic nitrogens is 1. The minimum atomic E-state index is -4.48. The highest BCUT2D eigenvalue weighted by Gasteiger charge is 2.32. The van der Waals surface area contributed by atoms with E-state index in [-0.39, 0.29) is 18.6 Å². The number of benzene rings is 1. The van der Waals surface area contributed by atoms with E-state index >= 15 is 0 Å². The lowest BCUT2D eigenvalue weighted by atomic mass is 10.1. The van der Waals surface area contributed by atoms with Crippen LogP contribution in [0.5, 0.6) is 0 Å². The molecular weight excluding hydrogens is 423 g/mol. The Morgan fingerprint density at radius 1 is 1.48 bits per heavy atom. The molecular formula is C15H13BrF3N3O2S. The topological polar surface area (TPSA) is 63.6 Å². The van der Waals surface area contributed by atoms with Crippen LogP contribution in [0, 0.1) is 0 Å². The van der Waals surface area contributed by atoms with Gasteiger partial charge in [0, 0.05) is 15.4 Å². The summed E-state index contributed by atoms with van der Waals surface area (Å²) in [6.07, 6.45) is -3.38. The van der Waals surface area contributed by atoms with Crippen LogP contribution < -0.4 is 5.43 Å². The molecule has 0 atom stereocenters. The standard InChI is InChI=1S/C15H13BrF3N3O2S/c1-2-24-13(23)6-11-8-25-14(21-11)22-20-7-9-5-10(16)3-4-12(9)15(17,18)19/h3-5,7-8H,2,6H2,1H3,(H,21,22). The molecule has 1 N–H and O–H groups in total. The molecule has 134 valence electrons. The maximum absolute atomic E-state index is 13.0. The number of alkyl halides is 3. The van der Waals surface area contributed by atoms with Gasteiger partial charge < -0.3 is 4.74 Å². The van der Waals surface area contributed by atoms with Crippen molar-refractivity contribution in [2.75, 3.05) is 12.0 Å². The number of rotatable bonds is 6. The van der Waals surface area contributed by atoms with E-state index in [2.05, 4.69) is 31.4 Å². The first-order chi connectivity index (χ1) is 11.8. The van der Waals surface area contributed by atoms with Crippen molar-refractivity contribution in [2.45, 2.75) is 19.5 Å². The Morgan fingerprint density at radius 2 is 2.24 bits per heavy atom. The fraction of sp³-hybridized carbons (Fsp3) is 0.267. The van der Waals surface area contributed by atoms with Crippen LogP contribution in [-0.4, -0.2) is 23.8 Å². The van der Waals surface area contributed by atoms with E-state index in [1.165, 1.54) is 23.5 Å². The number of ether oxygens (including phenoxy) is 1. The van der Waals surface area contributed by atoms with Crippen LogP contribution in [0.1, 0.15) is 23.7 Å². The second-order valence-electron chi connectivity index (χ2n) is 4.73. The van der Waals surface area contributed by atoms with Gasteiger partial charge in [0.25, 0.3) is 0 Å². The van der Waals surface area contributed by atoms with Gasteiger partial charge in [-0.25, -0.2) is 4.98 Å². The first kappa shape index (κ1) is 19.4. The molecule has 2 aromatic rings. The summed E-state index contributed by atoms with van der Waals surface area (Å²) in [6.45, 7) is 1.99. The van der Waals surface area contributed by atoms with E-state index in [1.54, 1.807) is 12.3 Å². The molecule has 0 spiro atoms. The molecule has 0 saturated carbocycles. The summed E-state index contributed by atoms with van der Waals surface area (Å²) in [5, 5.41) is 5.80. The van der Waals surface area contributed by atoms with Crippen molar-refractivity contribution in [3.63, 3.8) is 0 Å². The lowest BCUT2D eigenvalue weighted by Gasteiger charge is -2.10. The molecule has 0 aliphatic carbocycles. The van der Waals surface area contributed by atoms with Crippen LogP contribution in [0.15, 0.2) is 33.2 Å². The summed E-state index contributed by atoms with van der Waals surface area (Å²) in [7, 11) is 0. The molecule has 1 aromatic heterocycles. The molecule has 0 bridgehead atoms. The minimum Gasteiger partial charge on any atom is -0.466 e. The van der Waals surface area contributed by atoms with Crippen molar-refractivity contribution in [3.05, 3.63) is 44.9 Å². The average Bonchev–Trinajstić information content (AvgIpc) is 2.93.